The number of phenols is 1. The summed E-state index contributed by atoms with van der Waals surface area (Å²) in [7, 11) is 0. The number of nitro benzene ring substituents is 1. The molecular weight excluding hydrogens is 264 g/mol. The first-order chi connectivity index (χ1) is 9.47. The number of carbonyl (C=O) groups is 1. The van der Waals surface area contributed by atoms with Crippen LogP contribution in [0, 0.1) is 10.1 Å². The van der Waals surface area contributed by atoms with Gasteiger partial charge in [-0.3, -0.25) is 14.9 Å². The zero-order valence-corrected chi connectivity index (χ0v) is 10.8. The van der Waals surface area contributed by atoms with Crippen molar-refractivity contribution in [1.82, 2.24) is 5.32 Å². The van der Waals surface area contributed by atoms with Crippen molar-refractivity contribution in [3.63, 3.8) is 0 Å². The van der Waals surface area contributed by atoms with Crippen LogP contribution in [0.5, 0.6) is 5.75 Å². The van der Waals surface area contributed by atoms with Gasteiger partial charge in [0.15, 0.2) is 5.75 Å². The van der Waals surface area contributed by atoms with Gasteiger partial charge in [0.1, 0.15) is 0 Å². The predicted molar refractivity (Wildman–Crippen MR) is 70.5 cm³/mol. The number of aliphatic hydroxyl groups excluding tert-OH is 1. The summed E-state index contributed by atoms with van der Waals surface area (Å²) < 4.78 is 0. The number of aliphatic hydroxyl groups is 1. The fraction of sp³-hybridized carbons (Fsp3) is 0.462. The fourth-order valence-corrected chi connectivity index (χ4v) is 2.31. The second kappa shape index (κ2) is 5.87. The van der Waals surface area contributed by atoms with Crippen molar-refractivity contribution >= 4 is 11.6 Å². The van der Waals surface area contributed by atoms with Crippen molar-refractivity contribution in [2.75, 3.05) is 0 Å². The van der Waals surface area contributed by atoms with Gasteiger partial charge in [-0.05, 0) is 37.8 Å². The van der Waals surface area contributed by atoms with Gasteiger partial charge in [-0.25, -0.2) is 0 Å². The molecule has 1 aliphatic rings. The second-order valence-corrected chi connectivity index (χ2v) is 4.94. The molecule has 0 unspecified atom stereocenters. The van der Waals surface area contributed by atoms with E-state index in [1.165, 1.54) is 6.07 Å². The summed E-state index contributed by atoms with van der Waals surface area (Å²) in [6.07, 6.45) is 2.40. The van der Waals surface area contributed by atoms with Crippen molar-refractivity contribution in [3.05, 3.63) is 33.9 Å². The third-order valence-corrected chi connectivity index (χ3v) is 3.47. The van der Waals surface area contributed by atoms with E-state index in [0.29, 0.717) is 25.7 Å². The van der Waals surface area contributed by atoms with Crippen molar-refractivity contribution in [2.45, 2.75) is 37.8 Å². The topological polar surface area (TPSA) is 113 Å². The van der Waals surface area contributed by atoms with Gasteiger partial charge in [-0.1, -0.05) is 0 Å². The quantitative estimate of drug-likeness (QED) is 0.571. The van der Waals surface area contributed by atoms with Crippen molar-refractivity contribution in [1.29, 1.82) is 0 Å². The van der Waals surface area contributed by atoms with Crippen molar-refractivity contribution < 1.29 is 19.9 Å². The van der Waals surface area contributed by atoms with E-state index in [-0.39, 0.29) is 23.6 Å². The van der Waals surface area contributed by atoms with Crippen molar-refractivity contribution in [3.8, 4) is 5.75 Å². The van der Waals surface area contributed by atoms with Crippen LogP contribution in [0.2, 0.25) is 0 Å². The summed E-state index contributed by atoms with van der Waals surface area (Å²) in [5, 5.41) is 32.3. The van der Waals surface area contributed by atoms with Crippen LogP contribution in [0.4, 0.5) is 5.69 Å². The van der Waals surface area contributed by atoms with Gasteiger partial charge in [0.2, 0.25) is 0 Å². The molecule has 1 fully saturated rings. The van der Waals surface area contributed by atoms with Crippen molar-refractivity contribution in [2.24, 2.45) is 0 Å². The molecule has 2 rings (SSSR count). The number of rotatable bonds is 3. The monoisotopic (exact) mass is 280 g/mol. The lowest BCUT2D eigenvalue weighted by atomic mass is 9.93. The molecule has 3 N–H and O–H groups in total. The highest BCUT2D eigenvalue weighted by atomic mass is 16.6. The van der Waals surface area contributed by atoms with Gasteiger partial charge < -0.3 is 15.5 Å². The van der Waals surface area contributed by atoms with E-state index in [1.807, 2.05) is 0 Å². The Morgan fingerprint density at radius 2 is 1.95 bits per heavy atom. The van der Waals surface area contributed by atoms with E-state index >= 15 is 0 Å². The molecule has 1 aromatic rings. The van der Waals surface area contributed by atoms with Crippen LogP contribution < -0.4 is 5.32 Å². The maximum Gasteiger partial charge on any atom is 0.310 e. The number of phenolic OH excluding ortho intramolecular Hbond substituents is 1. The van der Waals surface area contributed by atoms with E-state index in [9.17, 15) is 25.1 Å². The number of nitro groups is 1. The van der Waals surface area contributed by atoms with Crippen LogP contribution >= 0.6 is 0 Å². The number of benzene rings is 1. The third kappa shape index (κ3) is 3.24. The molecule has 0 radical (unpaired) electrons. The van der Waals surface area contributed by atoms with Gasteiger partial charge in [-0.2, -0.15) is 0 Å². The standard InChI is InChI=1S/C13H16N2O5/c16-10-4-2-9(3-5-10)14-13(18)8-1-6-11(15(19)20)12(17)7-8/h1,6-7,9-10,16-17H,2-5H2,(H,14,18). The minimum Gasteiger partial charge on any atom is -0.502 e. The van der Waals surface area contributed by atoms with E-state index in [2.05, 4.69) is 5.32 Å². The Morgan fingerprint density at radius 3 is 2.50 bits per heavy atom. The zero-order valence-electron chi connectivity index (χ0n) is 10.8. The molecule has 108 valence electrons. The first-order valence-electron chi connectivity index (χ1n) is 6.43. The maximum absolute atomic E-state index is 12.0. The fourth-order valence-electron chi connectivity index (χ4n) is 2.31. The number of amides is 1. The highest BCUT2D eigenvalue weighted by Crippen LogP contribution is 2.26. The molecule has 0 bridgehead atoms. The Labute approximate surface area is 115 Å². The Bertz CT molecular complexity index is 523. The van der Waals surface area contributed by atoms with Crippen LogP contribution in [-0.2, 0) is 0 Å². The molecule has 20 heavy (non-hydrogen) atoms. The minimum atomic E-state index is -0.709. The lowest BCUT2D eigenvalue weighted by Gasteiger charge is -2.26. The summed E-state index contributed by atoms with van der Waals surface area (Å²) in [6, 6.07) is 3.49. The van der Waals surface area contributed by atoms with Crippen LogP contribution in [0.25, 0.3) is 0 Å². The Balaban J connectivity index is 2.02. The molecule has 7 nitrogen and oxygen atoms in total. The van der Waals surface area contributed by atoms with Crippen LogP contribution in [0.15, 0.2) is 18.2 Å². The number of aromatic hydroxyl groups is 1. The highest BCUT2D eigenvalue weighted by molar-refractivity contribution is 5.95. The van der Waals surface area contributed by atoms with E-state index in [0.717, 1.165) is 12.1 Å². The average Bonchev–Trinajstić information content (AvgIpc) is 2.40. The molecule has 1 amide bonds. The largest absolute Gasteiger partial charge is 0.502 e. The smallest absolute Gasteiger partial charge is 0.310 e. The van der Waals surface area contributed by atoms with Crippen LogP contribution in [-0.4, -0.2) is 33.2 Å². The van der Waals surface area contributed by atoms with Gasteiger partial charge in [-0.15, -0.1) is 0 Å². The molecule has 0 atom stereocenters. The Hall–Kier alpha value is -2.15. The lowest BCUT2D eigenvalue weighted by molar-refractivity contribution is -0.385. The number of hydrogen-bond acceptors (Lipinski definition) is 5. The first-order valence-corrected chi connectivity index (χ1v) is 6.43. The second-order valence-electron chi connectivity index (χ2n) is 4.94. The molecule has 1 aromatic carbocycles. The van der Waals surface area contributed by atoms with Gasteiger partial charge >= 0.3 is 5.69 Å². The molecule has 1 saturated carbocycles. The first kappa shape index (κ1) is 14.3. The molecule has 0 aromatic heterocycles. The van der Waals surface area contributed by atoms with Gasteiger partial charge in [0.05, 0.1) is 11.0 Å². The molecule has 0 aliphatic heterocycles. The maximum atomic E-state index is 12.0. The number of carbonyl (C=O) groups excluding carboxylic acids is 1. The summed E-state index contributed by atoms with van der Waals surface area (Å²) in [6.45, 7) is 0. The predicted octanol–water partition coefficient (Wildman–Crippen LogP) is 1.33. The normalized spacial score (nSPS) is 22.2. The molecule has 0 saturated heterocycles. The summed E-state index contributed by atoms with van der Waals surface area (Å²) in [4.78, 5) is 21.8. The average molecular weight is 280 g/mol. The Kier molecular flexibility index (Phi) is 4.19. The van der Waals surface area contributed by atoms with E-state index in [4.69, 9.17) is 0 Å². The number of nitrogens with zero attached hydrogens (tertiary/aromatic N) is 1. The number of hydrogen-bond donors (Lipinski definition) is 3. The minimum absolute atomic E-state index is 0.0109. The third-order valence-electron chi connectivity index (χ3n) is 3.47. The van der Waals surface area contributed by atoms with Gasteiger partial charge in [0, 0.05) is 17.7 Å². The molecule has 1 aliphatic carbocycles. The van der Waals surface area contributed by atoms with E-state index in [1.54, 1.807) is 0 Å². The summed E-state index contributed by atoms with van der Waals surface area (Å²) >= 11 is 0. The van der Waals surface area contributed by atoms with Gasteiger partial charge in [0.25, 0.3) is 5.91 Å². The number of nitrogens with one attached hydrogen (secondary N) is 1. The molecular formula is C13H16N2O5. The lowest BCUT2D eigenvalue weighted by Crippen LogP contribution is -2.38. The Morgan fingerprint density at radius 1 is 1.30 bits per heavy atom. The molecule has 7 heteroatoms. The van der Waals surface area contributed by atoms with Crippen LogP contribution in [0.3, 0.4) is 0 Å². The zero-order chi connectivity index (χ0) is 14.7. The van der Waals surface area contributed by atoms with Crippen LogP contribution in [0.1, 0.15) is 36.0 Å². The van der Waals surface area contributed by atoms with E-state index < -0.39 is 16.4 Å². The SMILES string of the molecule is O=C(NC1CCC(O)CC1)c1ccc([N+](=O)[O-])c(O)c1. The summed E-state index contributed by atoms with van der Waals surface area (Å²) in [5.41, 5.74) is -0.249. The highest BCUT2D eigenvalue weighted by Gasteiger charge is 2.22. The molecule has 0 heterocycles. The molecule has 0 spiro atoms. The summed E-state index contributed by atoms with van der Waals surface area (Å²) in [5.74, 6) is -0.904.